The Morgan fingerprint density at radius 1 is 1.26 bits per heavy atom. The van der Waals surface area contributed by atoms with Crippen LogP contribution in [0.25, 0.3) is 0 Å². The monoisotopic (exact) mass is 317 g/mol. The van der Waals surface area contributed by atoms with Gasteiger partial charge in [-0.1, -0.05) is 30.3 Å². The Hall–Kier alpha value is -2.60. The first-order chi connectivity index (χ1) is 11.1. The number of ether oxygens (including phenoxy) is 1. The van der Waals surface area contributed by atoms with Crippen LogP contribution in [-0.2, 0) is 22.5 Å². The first-order valence-electron chi connectivity index (χ1n) is 7.27. The third-order valence-electron chi connectivity index (χ3n) is 3.27. The van der Waals surface area contributed by atoms with Gasteiger partial charge in [0.1, 0.15) is 23.7 Å². The van der Waals surface area contributed by atoms with Gasteiger partial charge in [-0.2, -0.15) is 0 Å². The second kappa shape index (κ2) is 8.14. The molecule has 0 spiro atoms. The number of nitrogens with one attached hydrogen (secondary N) is 1. The third-order valence-corrected chi connectivity index (χ3v) is 3.27. The number of hydrogen-bond acceptors (Lipinski definition) is 4. The van der Waals surface area contributed by atoms with Gasteiger partial charge in [0, 0.05) is 0 Å². The summed E-state index contributed by atoms with van der Waals surface area (Å²) in [6, 6.07) is 11.3. The number of benzene rings is 1. The molecule has 0 unspecified atom stereocenters. The van der Waals surface area contributed by atoms with Crippen molar-refractivity contribution in [2.75, 3.05) is 13.2 Å². The van der Waals surface area contributed by atoms with E-state index in [4.69, 9.17) is 14.3 Å². The van der Waals surface area contributed by atoms with Crippen LogP contribution in [-0.4, -0.2) is 30.2 Å². The van der Waals surface area contributed by atoms with E-state index in [9.17, 15) is 9.59 Å². The highest BCUT2D eigenvalue weighted by Gasteiger charge is 2.14. The summed E-state index contributed by atoms with van der Waals surface area (Å²) < 4.78 is 10.6. The molecule has 6 nitrogen and oxygen atoms in total. The van der Waals surface area contributed by atoms with Crippen LogP contribution in [0.2, 0.25) is 0 Å². The number of carbonyl (C=O) groups is 2. The maximum atomic E-state index is 11.7. The number of carboxylic acid groups (broad SMARTS) is 1. The predicted octanol–water partition coefficient (Wildman–Crippen LogP) is 2.16. The molecule has 2 rings (SSSR count). The number of furan rings is 1. The Balaban J connectivity index is 1.67. The molecule has 0 saturated carbocycles. The van der Waals surface area contributed by atoms with Crippen molar-refractivity contribution in [3.05, 3.63) is 59.0 Å². The van der Waals surface area contributed by atoms with E-state index in [1.165, 1.54) is 6.07 Å². The molecular weight excluding hydrogens is 298 g/mol. The predicted molar refractivity (Wildman–Crippen MR) is 83.2 cm³/mol. The van der Waals surface area contributed by atoms with Crippen molar-refractivity contribution in [2.24, 2.45) is 0 Å². The van der Waals surface area contributed by atoms with Crippen LogP contribution in [0, 0.1) is 6.92 Å². The lowest BCUT2D eigenvalue weighted by Gasteiger charge is -2.05. The summed E-state index contributed by atoms with van der Waals surface area (Å²) >= 11 is 0. The van der Waals surface area contributed by atoms with Gasteiger partial charge in [0.25, 0.3) is 0 Å². The van der Waals surface area contributed by atoms with Gasteiger partial charge in [-0.15, -0.1) is 0 Å². The van der Waals surface area contributed by atoms with Crippen molar-refractivity contribution in [1.82, 2.24) is 5.32 Å². The quantitative estimate of drug-likeness (QED) is 0.728. The topological polar surface area (TPSA) is 88.8 Å². The molecule has 0 atom stereocenters. The largest absolute Gasteiger partial charge is 0.478 e. The summed E-state index contributed by atoms with van der Waals surface area (Å²) in [6.07, 6.45) is 0.744. The van der Waals surface area contributed by atoms with E-state index in [-0.39, 0.29) is 24.6 Å². The second-order valence-corrected chi connectivity index (χ2v) is 5.05. The molecule has 0 fully saturated rings. The molecule has 0 saturated heterocycles. The van der Waals surface area contributed by atoms with Crippen molar-refractivity contribution in [2.45, 2.75) is 19.9 Å². The Bertz CT molecular complexity index is 663. The standard InChI is InChI=1S/C17H19NO5/c1-12-15(17(20)21)9-14(23-12)10-18-16(19)11-22-8-7-13-5-3-2-4-6-13/h2-6,9H,7-8,10-11H2,1H3,(H,18,19)(H,20,21). The van der Waals surface area contributed by atoms with Crippen LogP contribution in [0.1, 0.15) is 27.4 Å². The van der Waals surface area contributed by atoms with Gasteiger partial charge in [0.15, 0.2) is 0 Å². The second-order valence-electron chi connectivity index (χ2n) is 5.05. The van der Waals surface area contributed by atoms with Crippen LogP contribution in [0.3, 0.4) is 0 Å². The fraction of sp³-hybridized carbons (Fsp3) is 0.294. The fourth-order valence-corrected chi connectivity index (χ4v) is 2.08. The highest BCUT2D eigenvalue weighted by molar-refractivity contribution is 5.88. The summed E-state index contributed by atoms with van der Waals surface area (Å²) in [6.45, 7) is 2.12. The van der Waals surface area contributed by atoms with Gasteiger partial charge >= 0.3 is 5.97 Å². The summed E-state index contributed by atoms with van der Waals surface area (Å²) in [7, 11) is 0. The zero-order chi connectivity index (χ0) is 16.7. The van der Waals surface area contributed by atoms with Crippen LogP contribution >= 0.6 is 0 Å². The molecule has 0 aliphatic carbocycles. The van der Waals surface area contributed by atoms with Gasteiger partial charge in [-0.25, -0.2) is 4.79 Å². The molecule has 0 bridgehead atoms. The van der Waals surface area contributed by atoms with Gasteiger partial charge in [0.05, 0.1) is 13.2 Å². The molecule has 0 radical (unpaired) electrons. The summed E-state index contributed by atoms with van der Waals surface area (Å²) in [4.78, 5) is 22.6. The van der Waals surface area contributed by atoms with Gasteiger partial charge in [-0.05, 0) is 25.0 Å². The van der Waals surface area contributed by atoms with E-state index in [0.29, 0.717) is 18.1 Å². The average Bonchev–Trinajstić information content (AvgIpc) is 2.92. The Kier molecular flexibility index (Phi) is 5.94. The van der Waals surface area contributed by atoms with E-state index in [0.717, 1.165) is 12.0 Å². The van der Waals surface area contributed by atoms with Crippen LogP contribution in [0.15, 0.2) is 40.8 Å². The molecule has 1 heterocycles. The fourth-order valence-electron chi connectivity index (χ4n) is 2.08. The van der Waals surface area contributed by atoms with Crippen LogP contribution in [0.5, 0.6) is 0 Å². The molecule has 0 aliphatic heterocycles. The highest BCUT2D eigenvalue weighted by atomic mass is 16.5. The lowest BCUT2D eigenvalue weighted by Crippen LogP contribution is -2.27. The summed E-state index contributed by atoms with van der Waals surface area (Å²) in [5, 5.41) is 11.6. The maximum Gasteiger partial charge on any atom is 0.339 e. The van der Waals surface area contributed by atoms with Gasteiger partial charge in [-0.3, -0.25) is 4.79 Å². The van der Waals surface area contributed by atoms with E-state index >= 15 is 0 Å². The molecule has 1 aromatic heterocycles. The van der Waals surface area contributed by atoms with Crippen molar-refractivity contribution in [3.8, 4) is 0 Å². The minimum atomic E-state index is -1.05. The third kappa shape index (κ3) is 5.27. The number of aromatic carboxylic acids is 1. The van der Waals surface area contributed by atoms with Gasteiger partial charge < -0.3 is 19.6 Å². The van der Waals surface area contributed by atoms with E-state index in [2.05, 4.69) is 5.32 Å². The SMILES string of the molecule is Cc1oc(CNC(=O)COCCc2ccccc2)cc1C(=O)O. The Morgan fingerprint density at radius 2 is 2.00 bits per heavy atom. The van der Waals surface area contributed by atoms with E-state index in [1.54, 1.807) is 6.92 Å². The van der Waals surface area contributed by atoms with Crippen LogP contribution < -0.4 is 5.32 Å². The molecule has 1 aromatic carbocycles. The Morgan fingerprint density at radius 3 is 2.65 bits per heavy atom. The molecule has 23 heavy (non-hydrogen) atoms. The molecule has 1 amide bonds. The minimum absolute atomic E-state index is 0.0433. The lowest BCUT2D eigenvalue weighted by atomic mass is 10.2. The molecule has 2 N–H and O–H groups in total. The molecule has 122 valence electrons. The first-order valence-corrected chi connectivity index (χ1v) is 7.27. The summed E-state index contributed by atoms with van der Waals surface area (Å²) in [5.41, 5.74) is 1.26. The Labute approximate surface area is 134 Å². The lowest BCUT2D eigenvalue weighted by molar-refractivity contribution is -0.125. The van der Waals surface area contributed by atoms with Crippen molar-refractivity contribution in [3.63, 3.8) is 0 Å². The normalized spacial score (nSPS) is 10.5. The van der Waals surface area contributed by atoms with E-state index < -0.39 is 5.97 Å². The zero-order valence-corrected chi connectivity index (χ0v) is 12.9. The van der Waals surface area contributed by atoms with Crippen LogP contribution in [0.4, 0.5) is 0 Å². The van der Waals surface area contributed by atoms with Crippen molar-refractivity contribution < 1.29 is 23.8 Å². The smallest absolute Gasteiger partial charge is 0.339 e. The highest BCUT2D eigenvalue weighted by Crippen LogP contribution is 2.14. The molecule has 2 aromatic rings. The van der Waals surface area contributed by atoms with Crippen molar-refractivity contribution in [1.29, 1.82) is 0 Å². The number of carbonyl (C=O) groups excluding carboxylic acids is 1. The number of rotatable bonds is 8. The minimum Gasteiger partial charge on any atom is -0.478 e. The molecule has 6 heteroatoms. The average molecular weight is 317 g/mol. The first kappa shape index (κ1) is 16.8. The number of hydrogen-bond donors (Lipinski definition) is 2. The maximum absolute atomic E-state index is 11.7. The van der Waals surface area contributed by atoms with Crippen molar-refractivity contribution >= 4 is 11.9 Å². The number of aryl methyl sites for hydroxylation is 1. The summed E-state index contributed by atoms with van der Waals surface area (Å²) in [5.74, 6) is -0.601. The molecular formula is C17H19NO5. The number of carboxylic acids is 1. The zero-order valence-electron chi connectivity index (χ0n) is 12.9. The molecule has 0 aliphatic rings. The number of amides is 1. The van der Waals surface area contributed by atoms with E-state index in [1.807, 2.05) is 30.3 Å². The van der Waals surface area contributed by atoms with Gasteiger partial charge in [0.2, 0.25) is 5.91 Å².